The lowest BCUT2D eigenvalue weighted by Crippen LogP contribution is -2.33. The van der Waals surface area contributed by atoms with Crippen LogP contribution in [0, 0.1) is 5.92 Å². The van der Waals surface area contributed by atoms with Crippen molar-refractivity contribution in [3.8, 4) is 11.6 Å². The lowest BCUT2D eigenvalue weighted by atomic mass is 10.0. The van der Waals surface area contributed by atoms with Crippen LogP contribution in [0.5, 0.6) is 11.6 Å². The van der Waals surface area contributed by atoms with Crippen molar-refractivity contribution in [1.82, 2.24) is 10.3 Å². The Bertz CT molecular complexity index is 580. The summed E-state index contributed by atoms with van der Waals surface area (Å²) in [6.07, 6.45) is 4.23. The highest BCUT2D eigenvalue weighted by Gasteiger charge is 2.15. The number of piperidine rings is 1. The minimum Gasteiger partial charge on any atom is -0.496 e. The first kappa shape index (κ1) is 13.2. The van der Waals surface area contributed by atoms with Crippen LogP contribution in [0.25, 0.3) is 10.8 Å². The quantitative estimate of drug-likeness (QED) is 0.929. The molecule has 0 saturated carbocycles. The summed E-state index contributed by atoms with van der Waals surface area (Å²) in [6.45, 7) is 2.88. The Hall–Kier alpha value is -1.81. The fourth-order valence-electron chi connectivity index (χ4n) is 2.71. The zero-order chi connectivity index (χ0) is 13.8. The van der Waals surface area contributed by atoms with Crippen LogP contribution >= 0.6 is 0 Å². The van der Waals surface area contributed by atoms with Gasteiger partial charge in [-0.2, -0.15) is 0 Å². The first-order chi connectivity index (χ1) is 9.88. The molecule has 2 aromatic rings. The van der Waals surface area contributed by atoms with Crippen molar-refractivity contribution in [2.75, 3.05) is 26.8 Å². The molecule has 1 aliphatic rings. The molecule has 1 aromatic heterocycles. The van der Waals surface area contributed by atoms with Crippen molar-refractivity contribution in [2.45, 2.75) is 12.8 Å². The number of hydrogen-bond acceptors (Lipinski definition) is 4. The number of benzene rings is 1. The van der Waals surface area contributed by atoms with E-state index >= 15 is 0 Å². The van der Waals surface area contributed by atoms with E-state index in [1.165, 1.54) is 12.8 Å². The van der Waals surface area contributed by atoms with E-state index in [1.54, 1.807) is 13.3 Å². The number of fused-ring (bicyclic) bond motifs is 1. The number of aromatic nitrogens is 1. The highest BCUT2D eigenvalue weighted by atomic mass is 16.5. The van der Waals surface area contributed by atoms with Crippen LogP contribution in [0.3, 0.4) is 0 Å². The van der Waals surface area contributed by atoms with Crippen molar-refractivity contribution < 1.29 is 9.47 Å². The molecule has 1 N–H and O–H groups in total. The Labute approximate surface area is 119 Å². The molecule has 2 heterocycles. The molecule has 0 bridgehead atoms. The molecule has 1 atom stereocenters. The number of rotatable bonds is 4. The van der Waals surface area contributed by atoms with Gasteiger partial charge in [0, 0.05) is 29.4 Å². The summed E-state index contributed by atoms with van der Waals surface area (Å²) in [7, 11) is 1.68. The van der Waals surface area contributed by atoms with E-state index in [9.17, 15) is 0 Å². The van der Waals surface area contributed by atoms with Gasteiger partial charge in [-0.1, -0.05) is 6.07 Å². The lowest BCUT2D eigenvalue weighted by molar-refractivity contribution is 0.214. The third-order valence-corrected chi connectivity index (χ3v) is 3.80. The van der Waals surface area contributed by atoms with Crippen LogP contribution < -0.4 is 14.8 Å². The minimum atomic E-state index is 0.575. The summed E-state index contributed by atoms with van der Waals surface area (Å²) in [6, 6.07) is 7.91. The Morgan fingerprint density at radius 1 is 1.30 bits per heavy atom. The molecule has 0 aliphatic carbocycles. The van der Waals surface area contributed by atoms with Crippen LogP contribution in [0.2, 0.25) is 0 Å². The van der Waals surface area contributed by atoms with Gasteiger partial charge in [-0.05, 0) is 37.6 Å². The van der Waals surface area contributed by atoms with Crippen LogP contribution in [-0.2, 0) is 0 Å². The minimum absolute atomic E-state index is 0.575. The van der Waals surface area contributed by atoms with Gasteiger partial charge in [-0.3, -0.25) is 0 Å². The molecule has 0 radical (unpaired) electrons. The molecular formula is C16H20N2O2. The molecule has 106 valence electrons. The van der Waals surface area contributed by atoms with Gasteiger partial charge in [0.15, 0.2) is 0 Å². The summed E-state index contributed by atoms with van der Waals surface area (Å²) in [4.78, 5) is 4.37. The standard InChI is InChI=1S/C16H20N2O2/c1-19-15-6-2-5-14-13(15)7-9-18-16(14)20-11-12-4-3-8-17-10-12/h2,5-7,9,12,17H,3-4,8,10-11H2,1H3. The third-order valence-electron chi connectivity index (χ3n) is 3.80. The topological polar surface area (TPSA) is 43.4 Å². The van der Waals surface area contributed by atoms with E-state index in [0.717, 1.165) is 36.2 Å². The van der Waals surface area contributed by atoms with Crippen molar-refractivity contribution in [3.63, 3.8) is 0 Å². The predicted octanol–water partition coefficient (Wildman–Crippen LogP) is 2.62. The van der Waals surface area contributed by atoms with E-state index < -0.39 is 0 Å². The van der Waals surface area contributed by atoms with Crippen LogP contribution in [0.15, 0.2) is 30.5 Å². The number of nitrogens with zero attached hydrogens (tertiary/aromatic N) is 1. The highest BCUT2D eigenvalue weighted by Crippen LogP contribution is 2.30. The van der Waals surface area contributed by atoms with Crippen molar-refractivity contribution in [3.05, 3.63) is 30.5 Å². The van der Waals surface area contributed by atoms with E-state index in [1.807, 2.05) is 24.3 Å². The SMILES string of the molecule is COc1cccc2c(OCC3CCCNC3)nccc12. The van der Waals surface area contributed by atoms with Crippen molar-refractivity contribution in [2.24, 2.45) is 5.92 Å². The van der Waals surface area contributed by atoms with E-state index in [-0.39, 0.29) is 0 Å². The third kappa shape index (κ3) is 2.70. The Balaban J connectivity index is 1.80. The van der Waals surface area contributed by atoms with Gasteiger partial charge in [0.2, 0.25) is 5.88 Å². The Kier molecular flexibility index (Phi) is 4.02. The van der Waals surface area contributed by atoms with E-state index in [0.29, 0.717) is 11.8 Å². The molecule has 4 heteroatoms. The molecule has 20 heavy (non-hydrogen) atoms. The van der Waals surface area contributed by atoms with Crippen molar-refractivity contribution >= 4 is 10.8 Å². The van der Waals surface area contributed by atoms with E-state index in [2.05, 4.69) is 10.3 Å². The number of hydrogen-bond donors (Lipinski definition) is 1. The smallest absolute Gasteiger partial charge is 0.221 e. The largest absolute Gasteiger partial charge is 0.496 e. The summed E-state index contributed by atoms with van der Waals surface area (Å²) in [5.74, 6) is 2.13. The molecule has 1 aromatic carbocycles. The average molecular weight is 272 g/mol. The van der Waals surface area contributed by atoms with Gasteiger partial charge >= 0.3 is 0 Å². The number of methoxy groups -OCH3 is 1. The molecule has 1 aliphatic heterocycles. The first-order valence-electron chi connectivity index (χ1n) is 7.13. The zero-order valence-corrected chi connectivity index (χ0v) is 11.8. The summed E-state index contributed by atoms with van der Waals surface area (Å²) >= 11 is 0. The first-order valence-corrected chi connectivity index (χ1v) is 7.13. The highest BCUT2D eigenvalue weighted by molar-refractivity contribution is 5.91. The van der Waals surface area contributed by atoms with Gasteiger partial charge < -0.3 is 14.8 Å². The maximum Gasteiger partial charge on any atom is 0.221 e. The molecule has 1 unspecified atom stereocenters. The number of pyridine rings is 1. The Morgan fingerprint density at radius 2 is 2.25 bits per heavy atom. The second kappa shape index (κ2) is 6.09. The summed E-state index contributed by atoms with van der Waals surface area (Å²) in [5.41, 5.74) is 0. The molecule has 1 fully saturated rings. The monoisotopic (exact) mass is 272 g/mol. The molecule has 0 spiro atoms. The van der Waals surface area contributed by atoms with Crippen LogP contribution in [-0.4, -0.2) is 31.8 Å². The molecule has 0 amide bonds. The van der Waals surface area contributed by atoms with Gasteiger partial charge in [0.1, 0.15) is 5.75 Å². The number of nitrogens with one attached hydrogen (secondary N) is 1. The maximum atomic E-state index is 5.95. The normalized spacial score (nSPS) is 18.9. The summed E-state index contributed by atoms with van der Waals surface area (Å²) < 4.78 is 11.3. The summed E-state index contributed by atoms with van der Waals surface area (Å²) in [5, 5.41) is 5.46. The molecule has 4 nitrogen and oxygen atoms in total. The van der Waals surface area contributed by atoms with Gasteiger partial charge in [0.05, 0.1) is 13.7 Å². The lowest BCUT2D eigenvalue weighted by Gasteiger charge is -2.22. The fraction of sp³-hybridized carbons (Fsp3) is 0.438. The zero-order valence-electron chi connectivity index (χ0n) is 11.8. The molecule has 3 rings (SSSR count). The molecular weight excluding hydrogens is 252 g/mol. The molecule has 1 saturated heterocycles. The maximum absolute atomic E-state index is 5.95. The predicted molar refractivity (Wildman–Crippen MR) is 79.4 cm³/mol. The average Bonchev–Trinajstić information content (AvgIpc) is 2.53. The number of ether oxygens (including phenoxy) is 2. The Morgan fingerprint density at radius 3 is 3.05 bits per heavy atom. The second-order valence-electron chi connectivity index (χ2n) is 5.19. The van der Waals surface area contributed by atoms with Gasteiger partial charge in [-0.25, -0.2) is 4.98 Å². The van der Waals surface area contributed by atoms with Crippen LogP contribution in [0.1, 0.15) is 12.8 Å². The second-order valence-corrected chi connectivity index (χ2v) is 5.19. The van der Waals surface area contributed by atoms with E-state index in [4.69, 9.17) is 9.47 Å². The van der Waals surface area contributed by atoms with Crippen LogP contribution in [0.4, 0.5) is 0 Å². The fourth-order valence-corrected chi connectivity index (χ4v) is 2.71. The van der Waals surface area contributed by atoms with Gasteiger partial charge in [0.25, 0.3) is 0 Å². The van der Waals surface area contributed by atoms with Gasteiger partial charge in [-0.15, -0.1) is 0 Å². The van der Waals surface area contributed by atoms with Crippen molar-refractivity contribution in [1.29, 1.82) is 0 Å².